The van der Waals surface area contributed by atoms with Gasteiger partial charge in [0.1, 0.15) is 11.9 Å². The molecule has 0 aromatic carbocycles. The molecule has 1 aromatic rings. The highest BCUT2D eigenvalue weighted by atomic mass is 16.5. The summed E-state index contributed by atoms with van der Waals surface area (Å²) in [5.41, 5.74) is 0. The van der Waals surface area contributed by atoms with Gasteiger partial charge in [0.25, 0.3) is 0 Å². The fourth-order valence-electron chi connectivity index (χ4n) is 2.25. The summed E-state index contributed by atoms with van der Waals surface area (Å²) in [6, 6.07) is 0. The van der Waals surface area contributed by atoms with Crippen LogP contribution >= 0.6 is 0 Å². The molecule has 0 amide bonds. The van der Waals surface area contributed by atoms with Crippen LogP contribution in [-0.2, 0) is 22.5 Å². The third-order valence-corrected chi connectivity index (χ3v) is 3.43. The molecule has 1 fully saturated rings. The number of ketones is 1. The number of hydrogen-bond donors (Lipinski definition) is 0. The Morgan fingerprint density at radius 1 is 1.50 bits per heavy atom. The van der Waals surface area contributed by atoms with E-state index in [1.807, 2.05) is 17.7 Å². The van der Waals surface area contributed by atoms with Gasteiger partial charge < -0.3 is 9.30 Å². The first kappa shape index (κ1) is 13.2. The number of carbonyl (C=O) groups excluding carboxylic acids is 1. The summed E-state index contributed by atoms with van der Waals surface area (Å²) in [7, 11) is 0. The van der Waals surface area contributed by atoms with Crippen LogP contribution in [0.1, 0.15) is 19.7 Å². The third kappa shape index (κ3) is 2.97. The monoisotopic (exact) mass is 251 g/mol. The zero-order valence-electron chi connectivity index (χ0n) is 11.1. The molecule has 0 spiro atoms. The van der Waals surface area contributed by atoms with Crippen LogP contribution in [0.2, 0.25) is 0 Å². The van der Waals surface area contributed by atoms with Gasteiger partial charge in [-0.25, -0.2) is 4.98 Å². The lowest BCUT2D eigenvalue weighted by Crippen LogP contribution is -2.46. The summed E-state index contributed by atoms with van der Waals surface area (Å²) in [4.78, 5) is 18.7. The van der Waals surface area contributed by atoms with E-state index in [9.17, 15) is 4.79 Å². The van der Waals surface area contributed by atoms with Gasteiger partial charge in [0.2, 0.25) is 0 Å². The largest absolute Gasteiger partial charge is 0.368 e. The predicted octanol–water partition coefficient (Wildman–Crippen LogP) is 0.735. The zero-order valence-corrected chi connectivity index (χ0v) is 11.1. The van der Waals surface area contributed by atoms with Gasteiger partial charge in [-0.05, 0) is 13.5 Å². The quantitative estimate of drug-likeness (QED) is 0.774. The average Bonchev–Trinajstić information content (AvgIpc) is 2.86. The number of morpholine rings is 1. The second-order valence-corrected chi connectivity index (χ2v) is 4.53. The zero-order chi connectivity index (χ0) is 13.0. The van der Waals surface area contributed by atoms with Crippen molar-refractivity contribution >= 4 is 5.78 Å². The average molecular weight is 251 g/mol. The number of aryl methyl sites for hydroxylation is 1. The van der Waals surface area contributed by atoms with Crippen molar-refractivity contribution in [2.75, 3.05) is 26.2 Å². The maximum Gasteiger partial charge on any atom is 0.170 e. The molecule has 0 bridgehead atoms. The fraction of sp³-hybridized carbons (Fsp3) is 0.692. The van der Waals surface area contributed by atoms with Gasteiger partial charge in [-0.1, -0.05) is 6.92 Å². The molecule has 1 aromatic heterocycles. The molecule has 5 heteroatoms. The normalized spacial score (nSPS) is 21.1. The van der Waals surface area contributed by atoms with Crippen molar-refractivity contribution in [1.29, 1.82) is 0 Å². The number of carbonyl (C=O) groups is 1. The van der Waals surface area contributed by atoms with E-state index in [4.69, 9.17) is 4.74 Å². The van der Waals surface area contributed by atoms with Gasteiger partial charge in [-0.15, -0.1) is 0 Å². The molecule has 1 unspecified atom stereocenters. The lowest BCUT2D eigenvalue weighted by atomic mass is 10.1. The first-order chi connectivity index (χ1) is 8.74. The molecule has 100 valence electrons. The van der Waals surface area contributed by atoms with Crippen molar-refractivity contribution < 1.29 is 9.53 Å². The van der Waals surface area contributed by atoms with Gasteiger partial charge in [-0.2, -0.15) is 0 Å². The Balaban J connectivity index is 1.95. The van der Waals surface area contributed by atoms with Crippen molar-refractivity contribution in [3.05, 3.63) is 18.2 Å². The van der Waals surface area contributed by atoms with Crippen LogP contribution in [0.3, 0.4) is 0 Å². The Morgan fingerprint density at radius 2 is 2.33 bits per heavy atom. The van der Waals surface area contributed by atoms with Crippen LogP contribution in [0, 0.1) is 0 Å². The second-order valence-electron chi connectivity index (χ2n) is 4.53. The molecule has 0 N–H and O–H groups in total. The standard InChI is InChI=1S/C13H21N3O2/c1-3-15-7-8-18-12(10-15)11(17)9-13-14-5-6-16(13)4-2/h5-6,12H,3-4,7-10H2,1-2H3. The van der Waals surface area contributed by atoms with E-state index in [-0.39, 0.29) is 11.9 Å². The minimum atomic E-state index is -0.291. The third-order valence-electron chi connectivity index (χ3n) is 3.43. The SMILES string of the molecule is CCN1CCOC(C(=O)Cc2nccn2CC)C1. The molecule has 18 heavy (non-hydrogen) atoms. The Morgan fingerprint density at radius 3 is 3.06 bits per heavy atom. The smallest absolute Gasteiger partial charge is 0.170 e. The van der Waals surface area contributed by atoms with Gasteiger partial charge in [0.05, 0.1) is 13.0 Å². The van der Waals surface area contributed by atoms with Crippen LogP contribution in [0.4, 0.5) is 0 Å². The van der Waals surface area contributed by atoms with Crippen molar-refractivity contribution in [2.24, 2.45) is 0 Å². The fourth-order valence-corrected chi connectivity index (χ4v) is 2.25. The molecule has 2 heterocycles. The Bertz CT molecular complexity index is 403. The molecular weight excluding hydrogens is 230 g/mol. The highest BCUT2D eigenvalue weighted by molar-refractivity contribution is 5.85. The number of rotatable bonds is 5. The van der Waals surface area contributed by atoms with E-state index in [1.54, 1.807) is 6.20 Å². The number of likely N-dealkylation sites (N-methyl/N-ethyl adjacent to an activating group) is 1. The van der Waals surface area contributed by atoms with Gasteiger partial charge in [0.15, 0.2) is 5.78 Å². The van der Waals surface area contributed by atoms with Crippen molar-refractivity contribution in [3.8, 4) is 0 Å². The number of aromatic nitrogens is 2. The van der Waals surface area contributed by atoms with Crippen LogP contribution in [0.15, 0.2) is 12.4 Å². The number of nitrogens with zero attached hydrogens (tertiary/aromatic N) is 3. The number of ether oxygens (including phenoxy) is 1. The topological polar surface area (TPSA) is 47.4 Å². The van der Waals surface area contributed by atoms with Crippen LogP contribution in [0.5, 0.6) is 0 Å². The van der Waals surface area contributed by atoms with E-state index >= 15 is 0 Å². The lowest BCUT2D eigenvalue weighted by Gasteiger charge is -2.31. The Kier molecular flexibility index (Phi) is 4.49. The van der Waals surface area contributed by atoms with Crippen LogP contribution < -0.4 is 0 Å². The van der Waals surface area contributed by atoms with Gasteiger partial charge >= 0.3 is 0 Å². The second kappa shape index (κ2) is 6.11. The molecule has 1 saturated heterocycles. The minimum Gasteiger partial charge on any atom is -0.368 e. The molecule has 1 aliphatic rings. The van der Waals surface area contributed by atoms with Crippen LogP contribution in [-0.4, -0.2) is 52.6 Å². The van der Waals surface area contributed by atoms with Crippen molar-refractivity contribution in [3.63, 3.8) is 0 Å². The van der Waals surface area contributed by atoms with Gasteiger partial charge in [-0.3, -0.25) is 9.69 Å². The van der Waals surface area contributed by atoms with E-state index in [2.05, 4.69) is 16.8 Å². The Labute approximate surface area is 108 Å². The number of hydrogen-bond acceptors (Lipinski definition) is 4. The van der Waals surface area contributed by atoms with Crippen LogP contribution in [0.25, 0.3) is 0 Å². The number of Topliss-reactive ketones (excluding diaryl/α,β-unsaturated/α-hetero) is 1. The maximum atomic E-state index is 12.2. The molecule has 1 atom stereocenters. The first-order valence-corrected chi connectivity index (χ1v) is 6.61. The molecular formula is C13H21N3O2. The van der Waals surface area contributed by atoms with E-state index < -0.39 is 0 Å². The molecule has 2 rings (SSSR count). The van der Waals surface area contributed by atoms with Gasteiger partial charge in [0, 0.05) is 32.0 Å². The highest BCUT2D eigenvalue weighted by Crippen LogP contribution is 2.09. The summed E-state index contributed by atoms with van der Waals surface area (Å²) in [6.45, 7) is 8.24. The molecule has 0 radical (unpaired) electrons. The summed E-state index contributed by atoms with van der Waals surface area (Å²) in [6.07, 6.45) is 3.72. The summed E-state index contributed by atoms with van der Waals surface area (Å²) in [5.74, 6) is 0.966. The molecule has 0 aliphatic carbocycles. The summed E-state index contributed by atoms with van der Waals surface area (Å²) < 4.78 is 7.56. The van der Waals surface area contributed by atoms with E-state index in [1.165, 1.54) is 0 Å². The molecule has 0 saturated carbocycles. The summed E-state index contributed by atoms with van der Waals surface area (Å²) >= 11 is 0. The minimum absolute atomic E-state index is 0.133. The summed E-state index contributed by atoms with van der Waals surface area (Å²) in [5, 5.41) is 0. The lowest BCUT2D eigenvalue weighted by molar-refractivity contribution is -0.135. The van der Waals surface area contributed by atoms with E-state index in [0.29, 0.717) is 19.6 Å². The Hall–Kier alpha value is -1.20. The molecule has 5 nitrogen and oxygen atoms in total. The number of imidazole rings is 1. The van der Waals surface area contributed by atoms with E-state index in [0.717, 1.165) is 25.5 Å². The first-order valence-electron chi connectivity index (χ1n) is 6.61. The highest BCUT2D eigenvalue weighted by Gasteiger charge is 2.26. The van der Waals surface area contributed by atoms with Crippen molar-refractivity contribution in [2.45, 2.75) is 32.9 Å². The maximum absolute atomic E-state index is 12.2. The molecule has 1 aliphatic heterocycles. The predicted molar refractivity (Wildman–Crippen MR) is 68.5 cm³/mol. The van der Waals surface area contributed by atoms with Crippen molar-refractivity contribution in [1.82, 2.24) is 14.5 Å².